The van der Waals surface area contributed by atoms with Crippen LogP contribution < -0.4 is 15.8 Å². The third-order valence-corrected chi connectivity index (χ3v) is 10.5. The lowest BCUT2D eigenvalue weighted by atomic mass is 9.92. The standard InChI is InChI=1S/C38H31F4N7O4/c1-52-29-6-2-4-22-23(29)12-14-24(22)43-26-16-20(38(40,41)42)17-48-18-27(45-34(26)48)30-31(35-46-47-37(51)53-35)25(13-9-19-7-10-21(39)11-8-19)44-33-28-5-3-15-49(28)36(50)32(30)33/h2,4,6-8,10-11,16-18,24,28,43H,3,5,9,12-15H2,1H3,(H,47,51)/t24-,28+/m0/s1. The molecule has 4 aromatic heterocycles. The fraction of sp³-hybridized carbons (Fsp3) is 0.289. The summed E-state index contributed by atoms with van der Waals surface area (Å²) >= 11 is 0. The summed E-state index contributed by atoms with van der Waals surface area (Å²) in [5.41, 5.74) is 4.07. The molecule has 11 nitrogen and oxygen atoms in total. The van der Waals surface area contributed by atoms with Crippen molar-refractivity contribution in [1.29, 1.82) is 0 Å². The number of benzene rings is 2. The van der Waals surface area contributed by atoms with Crippen LogP contribution in [0.4, 0.5) is 23.2 Å². The minimum absolute atomic E-state index is 0.142. The summed E-state index contributed by atoms with van der Waals surface area (Å²) in [5, 5.41) is 9.74. The van der Waals surface area contributed by atoms with E-state index in [2.05, 4.69) is 15.5 Å². The second kappa shape index (κ2) is 12.3. The van der Waals surface area contributed by atoms with Gasteiger partial charge in [-0.1, -0.05) is 24.3 Å². The van der Waals surface area contributed by atoms with Crippen molar-refractivity contribution in [1.82, 2.24) is 29.5 Å². The molecule has 0 unspecified atom stereocenters. The minimum Gasteiger partial charge on any atom is -0.496 e. The summed E-state index contributed by atoms with van der Waals surface area (Å²) in [6.07, 6.45) is 1.19. The highest BCUT2D eigenvalue weighted by molar-refractivity contribution is 6.08. The average molecular weight is 726 g/mol. The number of methoxy groups -OCH3 is 1. The van der Waals surface area contributed by atoms with Crippen LogP contribution in [0.25, 0.3) is 28.4 Å². The molecule has 0 radical (unpaired) electrons. The Morgan fingerprint density at radius 3 is 2.60 bits per heavy atom. The Morgan fingerprint density at radius 2 is 1.85 bits per heavy atom. The molecular weight excluding hydrogens is 694 g/mol. The van der Waals surface area contributed by atoms with Crippen molar-refractivity contribution in [3.63, 3.8) is 0 Å². The highest BCUT2D eigenvalue weighted by Gasteiger charge is 2.45. The lowest BCUT2D eigenvalue weighted by molar-refractivity contribution is -0.137. The number of anilines is 1. The van der Waals surface area contributed by atoms with E-state index in [1.807, 2.05) is 18.2 Å². The molecule has 2 N–H and O–H groups in total. The number of rotatable bonds is 8. The molecule has 15 heteroatoms. The van der Waals surface area contributed by atoms with Crippen LogP contribution in [0.2, 0.25) is 0 Å². The number of halogens is 4. The van der Waals surface area contributed by atoms with E-state index in [1.54, 1.807) is 24.1 Å². The first-order valence-corrected chi connectivity index (χ1v) is 17.3. The summed E-state index contributed by atoms with van der Waals surface area (Å²) in [5.74, 6) is -0.938. The number of nitrogens with one attached hydrogen (secondary N) is 2. The zero-order chi connectivity index (χ0) is 36.6. The van der Waals surface area contributed by atoms with Crippen LogP contribution in [0.1, 0.15) is 75.3 Å². The number of fused-ring (bicyclic) bond motifs is 5. The van der Waals surface area contributed by atoms with Gasteiger partial charge in [0.05, 0.1) is 58.7 Å². The molecule has 1 saturated heterocycles. The van der Waals surface area contributed by atoms with Gasteiger partial charge in [-0.3, -0.25) is 9.78 Å². The molecule has 270 valence electrons. The van der Waals surface area contributed by atoms with Gasteiger partial charge >= 0.3 is 11.9 Å². The first-order chi connectivity index (χ1) is 25.6. The molecule has 0 spiro atoms. The monoisotopic (exact) mass is 725 g/mol. The van der Waals surface area contributed by atoms with Crippen LogP contribution in [-0.4, -0.2) is 49.0 Å². The van der Waals surface area contributed by atoms with Gasteiger partial charge in [0.2, 0.25) is 0 Å². The lowest BCUT2D eigenvalue weighted by Crippen LogP contribution is -2.23. The van der Waals surface area contributed by atoms with Gasteiger partial charge < -0.3 is 23.8 Å². The zero-order valence-corrected chi connectivity index (χ0v) is 28.3. The molecule has 1 amide bonds. The number of aryl methyl sites for hydroxylation is 2. The number of aromatic nitrogens is 5. The summed E-state index contributed by atoms with van der Waals surface area (Å²) < 4.78 is 69.3. The van der Waals surface area contributed by atoms with Crippen molar-refractivity contribution in [2.45, 2.75) is 56.8 Å². The van der Waals surface area contributed by atoms with Crippen LogP contribution in [0, 0.1) is 5.82 Å². The molecular formula is C38H31F4N7O4. The van der Waals surface area contributed by atoms with Crippen molar-refractivity contribution < 1.29 is 31.5 Å². The number of carbonyl (C=O) groups is 1. The van der Waals surface area contributed by atoms with Gasteiger partial charge in [-0.15, -0.1) is 5.10 Å². The highest BCUT2D eigenvalue weighted by Crippen LogP contribution is 2.48. The Morgan fingerprint density at radius 1 is 1.02 bits per heavy atom. The summed E-state index contributed by atoms with van der Waals surface area (Å²) in [4.78, 5) is 38.2. The maximum atomic E-state index is 14.4. The molecule has 1 aliphatic carbocycles. The van der Waals surface area contributed by atoms with Crippen LogP contribution in [0.5, 0.6) is 5.75 Å². The van der Waals surface area contributed by atoms with Crippen LogP contribution in [0.3, 0.4) is 0 Å². The summed E-state index contributed by atoms with van der Waals surface area (Å²) in [7, 11) is 1.58. The largest absolute Gasteiger partial charge is 0.496 e. The molecule has 2 atom stereocenters. The van der Waals surface area contributed by atoms with Gasteiger partial charge in [0, 0.05) is 24.5 Å². The first-order valence-electron chi connectivity index (χ1n) is 17.3. The van der Waals surface area contributed by atoms with Gasteiger partial charge in [-0.2, -0.15) is 13.2 Å². The number of H-pyrrole nitrogens is 1. The lowest BCUT2D eigenvalue weighted by Gasteiger charge is -2.18. The van der Waals surface area contributed by atoms with E-state index in [-0.39, 0.29) is 69.8 Å². The topological polar surface area (TPSA) is 131 Å². The van der Waals surface area contributed by atoms with E-state index in [0.717, 1.165) is 35.4 Å². The molecule has 2 aromatic carbocycles. The zero-order valence-electron chi connectivity index (χ0n) is 28.3. The number of ether oxygens (including phenoxy) is 1. The van der Waals surface area contributed by atoms with E-state index >= 15 is 0 Å². The fourth-order valence-corrected chi connectivity index (χ4v) is 8.10. The number of pyridine rings is 2. The fourth-order valence-electron chi connectivity index (χ4n) is 8.10. The Hall–Kier alpha value is -5.99. The Balaban J connectivity index is 1.25. The van der Waals surface area contributed by atoms with Crippen molar-refractivity contribution in [3.05, 3.63) is 116 Å². The molecule has 53 heavy (non-hydrogen) atoms. The van der Waals surface area contributed by atoms with Gasteiger partial charge in [-0.25, -0.2) is 19.3 Å². The Kier molecular flexibility index (Phi) is 7.64. The predicted molar refractivity (Wildman–Crippen MR) is 184 cm³/mol. The van der Waals surface area contributed by atoms with E-state index in [4.69, 9.17) is 19.1 Å². The van der Waals surface area contributed by atoms with Crippen molar-refractivity contribution in [3.8, 4) is 28.5 Å². The smallest absolute Gasteiger partial charge is 0.434 e. The minimum atomic E-state index is -4.68. The quantitative estimate of drug-likeness (QED) is 0.159. The number of nitrogens with zero attached hydrogens (tertiary/aromatic N) is 5. The maximum absolute atomic E-state index is 14.4. The third-order valence-electron chi connectivity index (χ3n) is 10.5. The molecule has 2 aliphatic heterocycles. The van der Waals surface area contributed by atoms with Crippen LogP contribution in [-0.2, 0) is 25.4 Å². The Labute approximate surface area is 298 Å². The van der Waals surface area contributed by atoms with Crippen LogP contribution in [0.15, 0.2) is 70.1 Å². The second-order valence-electron chi connectivity index (χ2n) is 13.5. The summed E-state index contributed by atoms with van der Waals surface area (Å²) in [6.45, 7) is 0.513. The van der Waals surface area contributed by atoms with Gasteiger partial charge in [0.1, 0.15) is 11.6 Å². The number of hydrogen-bond donors (Lipinski definition) is 2. The highest BCUT2D eigenvalue weighted by atomic mass is 19.4. The van der Waals surface area contributed by atoms with Crippen molar-refractivity contribution in [2.24, 2.45) is 0 Å². The summed E-state index contributed by atoms with van der Waals surface area (Å²) in [6, 6.07) is 12.1. The number of carbonyl (C=O) groups excluding carboxylic acids is 1. The number of amides is 1. The number of hydrogen-bond acceptors (Lipinski definition) is 8. The molecule has 0 bridgehead atoms. The van der Waals surface area contributed by atoms with Crippen molar-refractivity contribution >= 4 is 17.2 Å². The van der Waals surface area contributed by atoms with Gasteiger partial charge in [-0.05, 0) is 79.5 Å². The number of alkyl halides is 3. The molecule has 6 aromatic rings. The van der Waals surface area contributed by atoms with E-state index in [1.165, 1.54) is 22.7 Å². The molecule has 1 fully saturated rings. The molecule has 6 heterocycles. The molecule has 0 saturated carbocycles. The first kappa shape index (κ1) is 32.9. The third kappa shape index (κ3) is 5.52. The van der Waals surface area contributed by atoms with Crippen molar-refractivity contribution in [2.75, 3.05) is 19.0 Å². The number of aromatic amines is 1. The SMILES string of the molecule is COc1cccc2c1CC[C@@H]2Nc1cc(C(F)(F)F)cn2cc(-c3c4c(nc(CCc5ccc(F)cc5)c3-c3n[nH]c(=O)o3)[C@H]3CCCN3C4=O)nc12. The number of imidazole rings is 1. The van der Waals surface area contributed by atoms with Crippen LogP contribution >= 0.6 is 0 Å². The maximum Gasteiger partial charge on any atom is 0.434 e. The Bertz CT molecular complexity index is 2490. The normalized spacial score (nSPS) is 17.8. The molecule has 3 aliphatic rings. The predicted octanol–water partition coefficient (Wildman–Crippen LogP) is 7.08. The van der Waals surface area contributed by atoms with E-state index in [0.29, 0.717) is 49.4 Å². The molecule has 9 rings (SSSR count). The average Bonchev–Trinajstić information content (AvgIpc) is 3.98. The van der Waals surface area contributed by atoms with Gasteiger partial charge in [0.25, 0.3) is 11.8 Å². The second-order valence-corrected chi connectivity index (χ2v) is 13.5. The van der Waals surface area contributed by atoms with Gasteiger partial charge in [0.15, 0.2) is 5.65 Å². The van der Waals surface area contributed by atoms with E-state index < -0.39 is 17.5 Å². The van der Waals surface area contributed by atoms with E-state index in [9.17, 15) is 27.2 Å².